The summed E-state index contributed by atoms with van der Waals surface area (Å²) >= 11 is 1.34. The van der Waals surface area contributed by atoms with Gasteiger partial charge in [0, 0.05) is 36.9 Å². The molecule has 0 atom stereocenters. The standard InChI is InChI=1S/C19H15FN4OS/c1-24-19-14(17(23-24)13-6-2-3-7-15(13)20)9-16(26-19)18(25)22-11-12-5-4-8-21-10-12/h2-10H,11H2,1H3,(H,22,25). The Hall–Kier alpha value is -3.06. The Morgan fingerprint density at radius 2 is 2.12 bits per heavy atom. The van der Waals surface area contributed by atoms with Crippen molar-refractivity contribution < 1.29 is 9.18 Å². The van der Waals surface area contributed by atoms with Gasteiger partial charge in [-0.1, -0.05) is 18.2 Å². The highest BCUT2D eigenvalue weighted by molar-refractivity contribution is 7.20. The second-order valence-electron chi connectivity index (χ2n) is 5.83. The van der Waals surface area contributed by atoms with E-state index in [2.05, 4.69) is 15.4 Å². The largest absolute Gasteiger partial charge is 0.347 e. The molecule has 0 saturated heterocycles. The van der Waals surface area contributed by atoms with Crippen LogP contribution in [0.2, 0.25) is 0 Å². The molecule has 0 bridgehead atoms. The number of halogens is 1. The van der Waals surface area contributed by atoms with Gasteiger partial charge in [-0.15, -0.1) is 11.3 Å². The number of thiophene rings is 1. The molecule has 1 aromatic carbocycles. The van der Waals surface area contributed by atoms with Gasteiger partial charge in [-0.05, 0) is 29.8 Å². The third-order valence-corrected chi connectivity index (χ3v) is 5.24. The summed E-state index contributed by atoms with van der Waals surface area (Å²) in [6, 6.07) is 12.0. The van der Waals surface area contributed by atoms with Crippen molar-refractivity contribution in [3.8, 4) is 11.3 Å². The van der Waals surface area contributed by atoms with E-state index in [0.717, 1.165) is 15.8 Å². The van der Waals surface area contributed by atoms with Crippen LogP contribution in [0, 0.1) is 5.82 Å². The summed E-state index contributed by atoms with van der Waals surface area (Å²) in [5.74, 6) is -0.504. The van der Waals surface area contributed by atoms with Gasteiger partial charge in [0.2, 0.25) is 0 Å². The summed E-state index contributed by atoms with van der Waals surface area (Å²) in [5, 5.41) is 8.08. The number of hydrogen-bond acceptors (Lipinski definition) is 4. The van der Waals surface area contributed by atoms with E-state index in [9.17, 15) is 9.18 Å². The van der Waals surface area contributed by atoms with E-state index in [1.54, 1.807) is 48.4 Å². The van der Waals surface area contributed by atoms with Gasteiger partial charge >= 0.3 is 0 Å². The Bertz CT molecular complexity index is 1090. The van der Waals surface area contributed by atoms with Gasteiger partial charge in [0.05, 0.1) is 4.88 Å². The van der Waals surface area contributed by atoms with Crippen LogP contribution in [-0.4, -0.2) is 20.7 Å². The zero-order chi connectivity index (χ0) is 18.1. The predicted octanol–water partition coefficient (Wildman–Crippen LogP) is 3.77. The molecule has 0 aliphatic rings. The minimum atomic E-state index is -0.332. The first-order valence-corrected chi connectivity index (χ1v) is 8.83. The number of aryl methyl sites for hydroxylation is 1. The van der Waals surface area contributed by atoms with Crippen molar-refractivity contribution in [2.45, 2.75) is 6.54 Å². The second-order valence-corrected chi connectivity index (χ2v) is 6.86. The lowest BCUT2D eigenvalue weighted by atomic mass is 10.1. The molecule has 1 amide bonds. The Kier molecular flexibility index (Phi) is 4.22. The third-order valence-electron chi connectivity index (χ3n) is 4.04. The molecule has 7 heteroatoms. The van der Waals surface area contributed by atoms with E-state index in [1.165, 1.54) is 17.4 Å². The topological polar surface area (TPSA) is 59.8 Å². The number of hydrogen-bond donors (Lipinski definition) is 1. The van der Waals surface area contributed by atoms with Crippen LogP contribution in [0.3, 0.4) is 0 Å². The summed E-state index contributed by atoms with van der Waals surface area (Å²) in [5.41, 5.74) is 1.90. The lowest BCUT2D eigenvalue weighted by Crippen LogP contribution is -2.21. The van der Waals surface area contributed by atoms with Crippen molar-refractivity contribution >= 4 is 27.5 Å². The van der Waals surface area contributed by atoms with Crippen molar-refractivity contribution in [2.24, 2.45) is 7.05 Å². The van der Waals surface area contributed by atoms with E-state index in [1.807, 2.05) is 12.1 Å². The fraction of sp³-hybridized carbons (Fsp3) is 0.105. The molecule has 3 aromatic heterocycles. The number of nitrogens with zero attached hydrogens (tertiary/aromatic N) is 3. The fourth-order valence-electron chi connectivity index (χ4n) is 2.78. The van der Waals surface area contributed by atoms with E-state index in [-0.39, 0.29) is 11.7 Å². The predicted molar refractivity (Wildman–Crippen MR) is 99.4 cm³/mol. The van der Waals surface area contributed by atoms with Gasteiger partial charge in [0.25, 0.3) is 5.91 Å². The van der Waals surface area contributed by atoms with Crippen LogP contribution in [0.1, 0.15) is 15.2 Å². The maximum absolute atomic E-state index is 14.2. The minimum absolute atomic E-state index is 0.172. The molecule has 4 aromatic rings. The number of rotatable bonds is 4. The number of fused-ring (bicyclic) bond motifs is 1. The lowest BCUT2D eigenvalue weighted by molar-refractivity contribution is 0.0955. The first kappa shape index (κ1) is 16.4. The Morgan fingerprint density at radius 1 is 1.27 bits per heavy atom. The number of carbonyl (C=O) groups is 1. The quantitative estimate of drug-likeness (QED) is 0.598. The molecular weight excluding hydrogens is 351 g/mol. The summed E-state index contributed by atoms with van der Waals surface area (Å²) in [6.45, 7) is 0.402. The fourth-order valence-corrected chi connectivity index (χ4v) is 3.77. The van der Waals surface area contributed by atoms with Crippen LogP contribution in [0.15, 0.2) is 54.9 Å². The molecule has 5 nitrogen and oxygen atoms in total. The van der Waals surface area contributed by atoms with Crippen LogP contribution in [0.25, 0.3) is 21.5 Å². The molecule has 0 aliphatic carbocycles. The second kappa shape index (κ2) is 6.68. The first-order chi connectivity index (χ1) is 12.6. The Balaban J connectivity index is 1.65. The van der Waals surface area contributed by atoms with Crippen molar-refractivity contribution in [1.82, 2.24) is 20.1 Å². The highest BCUT2D eigenvalue weighted by Gasteiger charge is 2.19. The molecule has 0 aliphatic heterocycles. The third kappa shape index (κ3) is 2.97. The zero-order valence-electron chi connectivity index (χ0n) is 13.9. The lowest BCUT2D eigenvalue weighted by Gasteiger charge is -2.03. The number of benzene rings is 1. The van der Waals surface area contributed by atoms with E-state index in [4.69, 9.17) is 0 Å². The first-order valence-electron chi connectivity index (χ1n) is 8.02. The average molecular weight is 366 g/mol. The van der Waals surface area contributed by atoms with Crippen LogP contribution in [-0.2, 0) is 13.6 Å². The molecule has 130 valence electrons. The number of amides is 1. The van der Waals surface area contributed by atoms with Gasteiger partial charge in [-0.25, -0.2) is 4.39 Å². The highest BCUT2D eigenvalue weighted by Crippen LogP contribution is 2.34. The smallest absolute Gasteiger partial charge is 0.261 e. The monoisotopic (exact) mass is 366 g/mol. The van der Waals surface area contributed by atoms with Gasteiger partial charge in [-0.2, -0.15) is 5.10 Å². The van der Waals surface area contributed by atoms with Crippen LogP contribution >= 0.6 is 11.3 Å². The SMILES string of the molecule is Cn1nc(-c2ccccc2F)c2cc(C(=O)NCc3cccnc3)sc21. The molecular formula is C19H15FN4OS. The molecule has 0 spiro atoms. The number of nitrogens with one attached hydrogen (secondary N) is 1. The molecule has 3 heterocycles. The van der Waals surface area contributed by atoms with Crippen LogP contribution < -0.4 is 5.32 Å². The summed E-state index contributed by atoms with van der Waals surface area (Å²) in [7, 11) is 1.79. The summed E-state index contributed by atoms with van der Waals surface area (Å²) in [6.07, 6.45) is 3.40. The van der Waals surface area contributed by atoms with E-state index < -0.39 is 0 Å². The minimum Gasteiger partial charge on any atom is -0.347 e. The highest BCUT2D eigenvalue weighted by atomic mass is 32.1. The molecule has 26 heavy (non-hydrogen) atoms. The maximum Gasteiger partial charge on any atom is 0.261 e. The summed E-state index contributed by atoms with van der Waals surface area (Å²) < 4.78 is 15.8. The molecule has 1 N–H and O–H groups in total. The van der Waals surface area contributed by atoms with Crippen molar-refractivity contribution in [2.75, 3.05) is 0 Å². The maximum atomic E-state index is 14.2. The Morgan fingerprint density at radius 3 is 2.88 bits per heavy atom. The van der Waals surface area contributed by atoms with Gasteiger partial charge in [0.1, 0.15) is 16.3 Å². The van der Waals surface area contributed by atoms with Gasteiger partial charge in [-0.3, -0.25) is 14.5 Å². The van der Waals surface area contributed by atoms with Crippen molar-refractivity contribution in [1.29, 1.82) is 0 Å². The van der Waals surface area contributed by atoms with E-state index in [0.29, 0.717) is 22.7 Å². The molecule has 0 saturated carbocycles. The van der Waals surface area contributed by atoms with Crippen LogP contribution in [0.4, 0.5) is 4.39 Å². The molecule has 0 unspecified atom stereocenters. The average Bonchev–Trinajstić information content (AvgIpc) is 3.22. The van der Waals surface area contributed by atoms with Crippen molar-refractivity contribution in [3.05, 3.63) is 71.1 Å². The zero-order valence-corrected chi connectivity index (χ0v) is 14.8. The number of carbonyl (C=O) groups excluding carboxylic acids is 1. The normalized spacial score (nSPS) is 11.0. The molecule has 0 fully saturated rings. The number of pyridine rings is 1. The van der Waals surface area contributed by atoms with Crippen molar-refractivity contribution in [3.63, 3.8) is 0 Å². The van der Waals surface area contributed by atoms with Gasteiger partial charge < -0.3 is 5.32 Å². The van der Waals surface area contributed by atoms with Gasteiger partial charge in [0.15, 0.2) is 0 Å². The number of aromatic nitrogens is 3. The molecule has 4 rings (SSSR count). The van der Waals surface area contributed by atoms with E-state index >= 15 is 0 Å². The Labute approximate surface area is 153 Å². The molecule has 0 radical (unpaired) electrons. The summed E-state index contributed by atoms with van der Waals surface area (Å²) in [4.78, 5) is 17.9. The van der Waals surface area contributed by atoms with Crippen LogP contribution in [0.5, 0.6) is 0 Å².